The second kappa shape index (κ2) is 8.98. The molecule has 2 aromatic rings. The zero-order valence-electron chi connectivity index (χ0n) is 13.9. The molecule has 0 aliphatic heterocycles. The maximum atomic E-state index is 12.8. The largest absolute Gasteiger partial charge is 0.360 e. The summed E-state index contributed by atoms with van der Waals surface area (Å²) < 4.78 is 13.6. The number of benzene rings is 1. The number of amides is 1. The first-order valence-corrected chi connectivity index (χ1v) is 9.40. The molecule has 0 saturated carbocycles. The van der Waals surface area contributed by atoms with Crippen LogP contribution in [0.4, 0.5) is 9.52 Å². The number of halogens is 1. The number of anilines is 1. The van der Waals surface area contributed by atoms with Gasteiger partial charge in [-0.15, -0.1) is 10.2 Å². The monoisotopic (exact) mass is 368 g/mol. The Morgan fingerprint density at radius 1 is 1.25 bits per heavy atom. The molecule has 130 valence electrons. The van der Waals surface area contributed by atoms with Crippen LogP contribution in [0.5, 0.6) is 0 Å². The minimum Gasteiger partial charge on any atom is -0.360 e. The van der Waals surface area contributed by atoms with Crippen LogP contribution in [0.25, 0.3) is 0 Å². The number of nitrogens with zero attached hydrogens (tertiary/aromatic N) is 2. The lowest BCUT2D eigenvalue weighted by atomic mass is 10.2. The molecule has 5 nitrogen and oxygen atoms in total. The first-order chi connectivity index (χ1) is 11.4. The van der Waals surface area contributed by atoms with E-state index in [0.717, 1.165) is 21.6 Å². The normalized spacial score (nSPS) is 12.2. The van der Waals surface area contributed by atoms with Crippen molar-refractivity contribution in [2.45, 2.75) is 36.9 Å². The molecule has 24 heavy (non-hydrogen) atoms. The standard InChI is InChI=1S/C16H21FN4OS2/c1-10(2)8-19-15-20-21-16(24-15)23-11(3)14(22)18-9-12-4-6-13(17)7-5-12/h4-7,10-11H,8-9H2,1-3H3,(H,18,22)(H,19,20)/t11-/m0/s1. The lowest BCUT2D eigenvalue weighted by molar-refractivity contribution is -0.120. The fourth-order valence-electron chi connectivity index (χ4n) is 1.76. The molecule has 0 aliphatic rings. The van der Waals surface area contributed by atoms with Gasteiger partial charge in [-0.2, -0.15) is 0 Å². The van der Waals surface area contributed by atoms with Crippen LogP contribution in [0, 0.1) is 11.7 Å². The molecule has 1 amide bonds. The molecule has 0 radical (unpaired) electrons. The Balaban J connectivity index is 1.79. The van der Waals surface area contributed by atoms with Gasteiger partial charge in [0, 0.05) is 13.1 Å². The number of nitrogens with one attached hydrogen (secondary N) is 2. The summed E-state index contributed by atoms with van der Waals surface area (Å²) in [6.07, 6.45) is 0. The third-order valence-corrected chi connectivity index (χ3v) is 5.16. The number of thioether (sulfide) groups is 1. The third-order valence-electron chi connectivity index (χ3n) is 3.09. The van der Waals surface area contributed by atoms with Gasteiger partial charge in [-0.3, -0.25) is 4.79 Å². The van der Waals surface area contributed by atoms with E-state index in [0.29, 0.717) is 12.5 Å². The average Bonchev–Trinajstić information content (AvgIpc) is 2.99. The molecule has 8 heteroatoms. The van der Waals surface area contributed by atoms with Gasteiger partial charge in [-0.25, -0.2) is 4.39 Å². The summed E-state index contributed by atoms with van der Waals surface area (Å²) in [6, 6.07) is 6.08. The second-order valence-corrected chi connectivity index (χ2v) is 8.32. The molecule has 1 aromatic heterocycles. The Bertz CT molecular complexity index is 660. The van der Waals surface area contributed by atoms with Crippen molar-refractivity contribution in [3.05, 3.63) is 35.6 Å². The molecule has 1 atom stereocenters. The second-order valence-electron chi connectivity index (χ2n) is 5.75. The summed E-state index contributed by atoms with van der Waals surface area (Å²) >= 11 is 2.82. The summed E-state index contributed by atoms with van der Waals surface area (Å²) in [7, 11) is 0. The third kappa shape index (κ3) is 6.09. The number of hydrogen-bond donors (Lipinski definition) is 2. The SMILES string of the molecule is CC(C)CNc1nnc(S[C@@H](C)C(=O)NCc2ccc(F)cc2)s1. The quantitative estimate of drug-likeness (QED) is 0.698. The van der Waals surface area contributed by atoms with Crippen LogP contribution in [-0.2, 0) is 11.3 Å². The first-order valence-electron chi connectivity index (χ1n) is 7.70. The number of rotatable bonds is 8. The lowest BCUT2D eigenvalue weighted by Gasteiger charge is -2.10. The van der Waals surface area contributed by atoms with E-state index in [-0.39, 0.29) is 17.0 Å². The Labute approximate surface area is 149 Å². The maximum absolute atomic E-state index is 12.8. The number of carbonyl (C=O) groups excluding carboxylic acids is 1. The Hall–Kier alpha value is -1.67. The van der Waals surface area contributed by atoms with Crippen LogP contribution in [0.2, 0.25) is 0 Å². The van der Waals surface area contributed by atoms with Crippen molar-refractivity contribution >= 4 is 34.1 Å². The summed E-state index contributed by atoms with van der Waals surface area (Å²) in [6.45, 7) is 7.29. The van der Waals surface area contributed by atoms with E-state index in [1.54, 1.807) is 12.1 Å². The van der Waals surface area contributed by atoms with Crippen molar-refractivity contribution in [3.63, 3.8) is 0 Å². The minimum atomic E-state index is -0.285. The first kappa shape index (κ1) is 18.7. The van der Waals surface area contributed by atoms with E-state index in [4.69, 9.17) is 0 Å². The van der Waals surface area contributed by atoms with Gasteiger partial charge < -0.3 is 10.6 Å². The van der Waals surface area contributed by atoms with E-state index in [1.165, 1.54) is 35.2 Å². The molecule has 2 rings (SSSR count). The van der Waals surface area contributed by atoms with E-state index < -0.39 is 0 Å². The summed E-state index contributed by atoms with van der Waals surface area (Å²) in [5, 5.41) is 14.7. The van der Waals surface area contributed by atoms with Gasteiger partial charge in [-0.05, 0) is 30.5 Å². The molecule has 1 heterocycles. The van der Waals surface area contributed by atoms with E-state index in [2.05, 4.69) is 34.7 Å². The van der Waals surface area contributed by atoms with Crippen molar-refractivity contribution in [1.82, 2.24) is 15.5 Å². The highest BCUT2D eigenvalue weighted by molar-refractivity contribution is 8.02. The van der Waals surface area contributed by atoms with Crippen LogP contribution in [0.1, 0.15) is 26.3 Å². The van der Waals surface area contributed by atoms with Crippen LogP contribution in [-0.4, -0.2) is 27.9 Å². The topological polar surface area (TPSA) is 66.9 Å². The van der Waals surface area contributed by atoms with Gasteiger partial charge in [0.1, 0.15) is 5.82 Å². The molecule has 0 spiro atoms. The average molecular weight is 369 g/mol. The predicted octanol–water partition coefficient (Wildman–Crippen LogP) is 3.54. The Morgan fingerprint density at radius 2 is 1.96 bits per heavy atom. The van der Waals surface area contributed by atoms with Gasteiger partial charge in [0.05, 0.1) is 5.25 Å². The van der Waals surface area contributed by atoms with Gasteiger partial charge in [0.25, 0.3) is 0 Å². The number of aromatic nitrogens is 2. The molecular formula is C16H21FN4OS2. The Morgan fingerprint density at radius 3 is 2.62 bits per heavy atom. The fourth-order valence-corrected chi connectivity index (χ4v) is 3.69. The summed E-state index contributed by atoms with van der Waals surface area (Å²) in [5.41, 5.74) is 0.859. The molecular weight excluding hydrogens is 347 g/mol. The molecule has 1 aromatic carbocycles. The predicted molar refractivity (Wildman–Crippen MR) is 96.8 cm³/mol. The zero-order chi connectivity index (χ0) is 17.5. The van der Waals surface area contributed by atoms with Crippen molar-refractivity contribution in [3.8, 4) is 0 Å². The fraction of sp³-hybridized carbons (Fsp3) is 0.438. The maximum Gasteiger partial charge on any atom is 0.233 e. The summed E-state index contributed by atoms with van der Waals surface area (Å²) in [4.78, 5) is 12.1. The molecule has 0 unspecified atom stereocenters. The molecule has 0 bridgehead atoms. The zero-order valence-corrected chi connectivity index (χ0v) is 15.5. The highest BCUT2D eigenvalue weighted by Crippen LogP contribution is 2.29. The number of carbonyl (C=O) groups is 1. The van der Waals surface area contributed by atoms with Crippen LogP contribution >= 0.6 is 23.1 Å². The molecule has 0 fully saturated rings. The van der Waals surface area contributed by atoms with E-state index in [9.17, 15) is 9.18 Å². The van der Waals surface area contributed by atoms with Crippen molar-refractivity contribution in [2.75, 3.05) is 11.9 Å². The van der Waals surface area contributed by atoms with Crippen LogP contribution in [0.15, 0.2) is 28.6 Å². The van der Waals surface area contributed by atoms with E-state index >= 15 is 0 Å². The van der Waals surface area contributed by atoms with Crippen molar-refractivity contribution < 1.29 is 9.18 Å². The molecule has 2 N–H and O–H groups in total. The van der Waals surface area contributed by atoms with Crippen molar-refractivity contribution in [1.29, 1.82) is 0 Å². The van der Waals surface area contributed by atoms with Crippen LogP contribution in [0.3, 0.4) is 0 Å². The minimum absolute atomic E-state index is 0.0868. The van der Waals surface area contributed by atoms with Gasteiger partial charge in [0.2, 0.25) is 11.0 Å². The van der Waals surface area contributed by atoms with Crippen molar-refractivity contribution in [2.24, 2.45) is 5.92 Å². The van der Waals surface area contributed by atoms with E-state index in [1.807, 2.05) is 6.92 Å². The lowest BCUT2D eigenvalue weighted by Crippen LogP contribution is -2.30. The van der Waals surface area contributed by atoms with Crippen LogP contribution < -0.4 is 10.6 Å². The highest BCUT2D eigenvalue weighted by atomic mass is 32.2. The smallest absolute Gasteiger partial charge is 0.233 e. The Kier molecular flexibility index (Phi) is 6.99. The van der Waals surface area contributed by atoms with Gasteiger partial charge in [-0.1, -0.05) is 49.1 Å². The summed E-state index contributed by atoms with van der Waals surface area (Å²) in [5.74, 6) is 0.157. The molecule has 0 aliphatic carbocycles. The highest BCUT2D eigenvalue weighted by Gasteiger charge is 2.17. The molecule has 0 saturated heterocycles. The number of hydrogen-bond acceptors (Lipinski definition) is 6. The van der Waals surface area contributed by atoms with Gasteiger partial charge in [0.15, 0.2) is 4.34 Å². The van der Waals surface area contributed by atoms with Gasteiger partial charge >= 0.3 is 0 Å².